The molecule has 5 heteroatoms. The summed E-state index contributed by atoms with van der Waals surface area (Å²) in [5, 5.41) is 6.89. The number of fused-ring (bicyclic) bond motifs is 1. The topological polar surface area (TPSA) is 64.2 Å². The van der Waals surface area contributed by atoms with Crippen molar-refractivity contribution < 1.29 is 14.3 Å². The molecule has 0 aliphatic carbocycles. The molecule has 1 atom stereocenters. The summed E-state index contributed by atoms with van der Waals surface area (Å²) in [6.45, 7) is 1.54. The number of nitrogens with zero attached hydrogens (tertiary/aromatic N) is 1. The van der Waals surface area contributed by atoms with Gasteiger partial charge in [-0.2, -0.15) is 5.10 Å². The molecule has 2 aromatic rings. The Hall–Kier alpha value is -2.30. The van der Waals surface area contributed by atoms with Gasteiger partial charge in [0.1, 0.15) is 0 Å². The van der Waals surface area contributed by atoms with Gasteiger partial charge in [-0.3, -0.25) is 9.89 Å². The van der Waals surface area contributed by atoms with Crippen LogP contribution in [0.3, 0.4) is 0 Å². The van der Waals surface area contributed by atoms with E-state index in [9.17, 15) is 4.79 Å². The molecule has 0 bridgehead atoms. The fourth-order valence-corrected chi connectivity index (χ4v) is 2.35. The van der Waals surface area contributed by atoms with Gasteiger partial charge >= 0.3 is 0 Å². The van der Waals surface area contributed by atoms with E-state index in [1.807, 2.05) is 18.2 Å². The van der Waals surface area contributed by atoms with Gasteiger partial charge in [0.15, 0.2) is 23.4 Å². The predicted octanol–water partition coefficient (Wildman–Crippen LogP) is 1.98. The van der Waals surface area contributed by atoms with E-state index >= 15 is 0 Å². The summed E-state index contributed by atoms with van der Waals surface area (Å²) >= 11 is 0. The second-order valence-corrected chi connectivity index (χ2v) is 4.51. The molecular weight excluding hydrogens is 244 g/mol. The number of carbonyl (C=O) groups is 1. The van der Waals surface area contributed by atoms with Crippen LogP contribution in [0, 0.1) is 0 Å². The summed E-state index contributed by atoms with van der Waals surface area (Å²) in [7, 11) is 1.59. The molecule has 0 fully saturated rings. The van der Waals surface area contributed by atoms with Crippen LogP contribution in [0.1, 0.15) is 12.5 Å². The number of Topliss-reactive ketones (excluding diaryl/α,β-unsaturated/α-hetero) is 1. The minimum atomic E-state index is -0.423. The zero-order valence-electron chi connectivity index (χ0n) is 10.8. The number of hydrogen-bond donors (Lipinski definition) is 1. The quantitative estimate of drug-likeness (QED) is 0.914. The Bertz CT molecular complexity index is 620. The molecular formula is C14H14N2O3. The Labute approximate surface area is 110 Å². The van der Waals surface area contributed by atoms with Crippen LogP contribution in [0.15, 0.2) is 24.4 Å². The second kappa shape index (κ2) is 4.42. The average Bonchev–Trinajstić information content (AvgIpc) is 3.06. The van der Waals surface area contributed by atoms with E-state index in [0.29, 0.717) is 17.9 Å². The Balaban J connectivity index is 2.12. The highest BCUT2D eigenvalue weighted by atomic mass is 16.5. The zero-order chi connectivity index (χ0) is 13.4. The van der Waals surface area contributed by atoms with Crippen LogP contribution < -0.4 is 9.47 Å². The molecule has 1 unspecified atom stereocenters. The first-order valence-corrected chi connectivity index (χ1v) is 6.07. The molecule has 1 aromatic heterocycles. The number of H-pyrrole nitrogens is 1. The van der Waals surface area contributed by atoms with Crippen molar-refractivity contribution in [2.24, 2.45) is 0 Å². The summed E-state index contributed by atoms with van der Waals surface area (Å²) < 4.78 is 11.0. The van der Waals surface area contributed by atoms with Gasteiger partial charge in [0, 0.05) is 23.7 Å². The molecule has 19 heavy (non-hydrogen) atoms. The molecule has 1 aliphatic rings. The van der Waals surface area contributed by atoms with Gasteiger partial charge in [0.25, 0.3) is 0 Å². The van der Waals surface area contributed by atoms with Gasteiger partial charge in [0.05, 0.1) is 12.8 Å². The van der Waals surface area contributed by atoms with Crippen molar-refractivity contribution >= 4 is 5.78 Å². The summed E-state index contributed by atoms with van der Waals surface area (Å²) in [4.78, 5) is 11.5. The third-order valence-corrected chi connectivity index (χ3v) is 3.34. The number of ketones is 1. The largest absolute Gasteiger partial charge is 0.493 e. The first-order valence-electron chi connectivity index (χ1n) is 6.07. The molecule has 98 valence electrons. The van der Waals surface area contributed by atoms with Gasteiger partial charge in [-0.25, -0.2) is 0 Å². The number of benzene rings is 1. The second-order valence-electron chi connectivity index (χ2n) is 4.51. The monoisotopic (exact) mass is 258 g/mol. The predicted molar refractivity (Wildman–Crippen MR) is 69.4 cm³/mol. The molecule has 1 aliphatic heterocycles. The molecule has 0 spiro atoms. The van der Waals surface area contributed by atoms with Crippen LogP contribution in [0.2, 0.25) is 0 Å². The fraction of sp³-hybridized carbons (Fsp3) is 0.286. The Kier molecular flexibility index (Phi) is 2.74. The van der Waals surface area contributed by atoms with E-state index in [1.54, 1.807) is 20.2 Å². The van der Waals surface area contributed by atoms with Crippen molar-refractivity contribution in [3.05, 3.63) is 30.0 Å². The SMILES string of the molecule is COc1ccc(-c2ccn[nH]2)c2c1OC(C(C)=O)C2. The Morgan fingerprint density at radius 2 is 2.32 bits per heavy atom. The third-order valence-electron chi connectivity index (χ3n) is 3.34. The standard InChI is InChI=1S/C14H14N2O3/c1-8(17)13-7-10-9(11-5-6-15-16-11)3-4-12(18-2)14(10)19-13/h3-6,13H,7H2,1-2H3,(H,15,16). The fourth-order valence-electron chi connectivity index (χ4n) is 2.35. The molecule has 5 nitrogen and oxygen atoms in total. The minimum absolute atomic E-state index is 0.0220. The summed E-state index contributed by atoms with van der Waals surface area (Å²) in [5.41, 5.74) is 2.90. The maximum absolute atomic E-state index is 11.5. The van der Waals surface area contributed by atoms with Crippen molar-refractivity contribution in [1.82, 2.24) is 10.2 Å². The van der Waals surface area contributed by atoms with Crippen LogP contribution in [-0.2, 0) is 11.2 Å². The Morgan fingerprint density at radius 1 is 1.47 bits per heavy atom. The Morgan fingerprint density at radius 3 is 2.95 bits per heavy atom. The number of hydrogen-bond acceptors (Lipinski definition) is 4. The van der Waals surface area contributed by atoms with E-state index in [1.165, 1.54) is 0 Å². The van der Waals surface area contributed by atoms with Crippen molar-refractivity contribution in [1.29, 1.82) is 0 Å². The van der Waals surface area contributed by atoms with Crippen LogP contribution >= 0.6 is 0 Å². The first kappa shape index (κ1) is 11.8. The third kappa shape index (κ3) is 1.87. The number of methoxy groups -OCH3 is 1. The maximum atomic E-state index is 11.5. The lowest BCUT2D eigenvalue weighted by Crippen LogP contribution is -2.22. The zero-order valence-corrected chi connectivity index (χ0v) is 10.8. The number of carbonyl (C=O) groups excluding carboxylic acids is 1. The highest BCUT2D eigenvalue weighted by molar-refractivity contribution is 5.84. The molecule has 3 rings (SSSR count). The van der Waals surface area contributed by atoms with Crippen molar-refractivity contribution in [2.45, 2.75) is 19.4 Å². The average molecular weight is 258 g/mol. The maximum Gasteiger partial charge on any atom is 0.170 e. The van der Waals surface area contributed by atoms with Crippen LogP contribution in [0.5, 0.6) is 11.5 Å². The van der Waals surface area contributed by atoms with Crippen molar-refractivity contribution in [2.75, 3.05) is 7.11 Å². The van der Waals surface area contributed by atoms with E-state index in [0.717, 1.165) is 16.8 Å². The minimum Gasteiger partial charge on any atom is -0.493 e. The van der Waals surface area contributed by atoms with E-state index in [4.69, 9.17) is 9.47 Å². The van der Waals surface area contributed by atoms with Gasteiger partial charge in [-0.1, -0.05) is 0 Å². The molecule has 0 amide bonds. The van der Waals surface area contributed by atoms with Gasteiger partial charge in [-0.15, -0.1) is 0 Å². The van der Waals surface area contributed by atoms with Crippen LogP contribution in [-0.4, -0.2) is 29.2 Å². The lowest BCUT2D eigenvalue weighted by atomic mass is 9.99. The smallest absolute Gasteiger partial charge is 0.170 e. The van der Waals surface area contributed by atoms with E-state index in [2.05, 4.69) is 10.2 Å². The molecule has 0 saturated heterocycles. The molecule has 1 N–H and O–H groups in total. The van der Waals surface area contributed by atoms with Gasteiger partial charge < -0.3 is 9.47 Å². The number of rotatable bonds is 3. The van der Waals surface area contributed by atoms with Crippen LogP contribution in [0.25, 0.3) is 11.3 Å². The molecule has 2 heterocycles. The van der Waals surface area contributed by atoms with Crippen molar-refractivity contribution in [3.8, 4) is 22.8 Å². The first-order chi connectivity index (χ1) is 9.20. The highest BCUT2D eigenvalue weighted by Crippen LogP contribution is 2.43. The number of aromatic amines is 1. The van der Waals surface area contributed by atoms with Crippen LogP contribution in [0.4, 0.5) is 0 Å². The lowest BCUT2D eigenvalue weighted by Gasteiger charge is -2.10. The summed E-state index contributed by atoms with van der Waals surface area (Å²) in [5.74, 6) is 1.34. The molecule has 0 radical (unpaired) electrons. The lowest BCUT2D eigenvalue weighted by molar-refractivity contribution is -0.122. The normalized spacial score (nSPS) is 16.8. The van der Waals surface area contributed by atoms with E-state index in [-0.39, 0.29) is 5.78 Å². The summed E-state index contributed by atoms with van der Waals surface area (Å²) in [6, 6.07) is 5.69. The molecule has 1 aromatic carbocycles. The van der Waals surface area contributed by atoms with E-state index < -0.39 is 6.10 Å². The number of aromatic nitrogens is 2. The number of ether oxygens (including phenoxy) is 2. The van der Waals surface area contributed by atoms with Gasteiger partial charge in [0.2, 0.25) is 0 Å². The number of nitrogens with one attached hydrogen (secondary N) is 1. The molecule has 0 saturated carbocycles. The highest BCUT2D eigenvalue weighted by Gasteiger charge is 2.31. The van der Waals surface area contributed by atoms with Crippen molar-refractivity contribution in [3.63, 3.8) is 0 Å². The van der Waals surface area contributed by atoms with Gasteiger partial charge in [-0.05, 0) is 25.1 Å². The summed E-state index contributed by atoms with van der Waals surface area (Å²) in [6.07, 6.45) is 1.84.